The van der Waals surface area contributed by atoms with E-state index in [9.17, 15) is 9.59 Å². The summed E-state index contributed by atoms with van der Waals surface area (Å²) in [4.78, 5) is 25.8. The van der Waals surface area contributed by atoms with Crippen LogP contribution >= 0.6 is 0 Å². The van der Waals surface area contributed by atoms with Gasteiger partial charge in [-0.25, -0.2) is 0 Å². The highest BCUT2D eigenvalue weighted by Crippen LogP contribution is 2.31. The van der Waals surface area contributed by atoms with Crippen molar-refractivity contribution in [3.63, 3.8) is 0 Å². The first kappa shape index (κ1) is 15.0. The zero-order valence-corrected chi connectivity index (χ0v) is 12.0. The number of hydrogen-bond acceptors (Lipinski definition) is 3. The average molecular weight is 255 g/mol. The molecule has 5 nitrogen and oxygen atoms in total. The molecule has 104 valence electrons. The number of nitrogens with one attached hydrogen (secondary N) is 1. The van der Waals surface area contributed by atoms with Crippen molar-refractivity contribution in [3.8, 4) is 0 Å². The molecule has 1 aliphatic heterocycles. The third kappa shape index (κ3) is 2.83. The molecule has 0 saturated carbocycles. The summed E-state index contributed by atoms with van der Waals surface area (Å²) in [6.45, 7) is 8.79. The Labute approximate surface area is 109 Å². The maximum atomic E-state index is 12.3. The predicted octanol–water partition coefficient (Wildman–Crippen LogP) is 0.344. The number of carbonyl (C=O) groups is 2. The van der Waals surface area contributed by atoms with E-state index in [4.69, 9.17) is 5.73 Å². The normalized spacial score (nSPS) is 26.0. The molecule has 1 rings (SSSR count). The van der Waals surface area contributed by atoms with Crippen LogP contribution in [0.25, 0.3) is 0 Å². The van der Waals surface area contributed by atoms with Crippen LogP contribution in [0.1, 0.15) is 34.1 Å². The van der Waals surface area contributed by atoms with E-state index in [2.05, 4.69) is 5.32 Å². The van der Waals surface area contributed by atoms with Crippen molar-refractivity contribution < 1.29 is 9.59 Å². The van der Waals surface area contributed by atoms with Crippen molar-refractivity contribution in [1.29, 1.82) is 0 Å². The van der Waals surface area contributed by atoms with E-state index in [0.717, 1.165) is 0 Å². The summed E-state index contributed by atoms with van der Waals surface area (Å²) < 4.78 is 0. The molecule has 1 saturated heterocycles. The Bertz CT molecular complexity index is 349. The zero-order chi connectivity index (χ0) is 14.1. The molecule has 2 atom stereocenters. The third-order valence-electron chi connectivity index (χ3n) is 3.76. The molecule has 1 aliphatic rings. The first-order chi connectivity index (χ1) is 8.12. The number of amides is 2. The molecule has 0 radical (unpaired) electrons. The molecule has 3 N–H and O–H groups in total. The van der Waals surface area contributed by atoms with Crippen LogP contribution in [0.3, 0.4) is 0 Å². The summed E-state index contributed by atoms with van der Waals surface area (Å²) in [5.74, 6) is -0.0720. The van der Waals surface area contributed by atoms with Crippen molar-refractivity contribution in [1.82, 2.24) is 10.2 Å². The van der Waals surface area contributed by atoms with Crippen LogP contribution in [-0.2, 0) is 9.59 Å². The highest BCUT2D eigenvalue weighted by atomic mass is 16.2. The van der Waals surface area contributed by atoms with Gasteiger partial charge in [0.15, 0.2) is 0 Å². The number of rotatable bonds is 2. The summed E-state index contributed by atoms with van der Waals surface area (Å²) in [6, 6.07) is -0.524. The van der Waals surface area contributed by atoms with Crippen LogP contribution in [0, 0.1) is 10.8 Å². The van der Waals surface area contributed by atoms with Gasteiger partial charge in [-0.15, -0.1) is 0 Å². The second kappa shape index (κ2) is 4.88. The zero-order valence-electron chi connectivity index (χ0n) is 12.0. The Morgan fingerprint density at radius 3 is 2.39 bits per heavy atom. The van der Waals surface area contributed by atoms with Gasteiger partial charge < -0.3 is 16.0 Å². The largest absolute Gasteiger partial charge is 0.359 e. The van der Waals surface area contributed by atoms with E-state index < -0.39 is 11.5 Å². The van der Waals surface area contributed by atoms with Crippen molar-refractivity contribution in [2.75, 3.05) is 20.1 Å². The van der Waals surface area contributed by atoms with Gasteiger partial charge in [0.2, 0.25) is 11.8 Å². The van der Waals surface area contributed by atoms with Gasteiger partial charge in [0.25, 0.3) is 0 Å². The molecular weight excluding hydrogens is 230 g/mol. The molecule has 1 unspecified atom stereocenters. The van der Waals surface area contributed by atoms with Crippen LogP contribution < -0.4 is 11.1 Å². The number of nitrogens with two attached hydrogens (primary N) is 1. The Balaban J connectivity index is 2.73. The highest BCUT2D eigenvalue weighted by Gasteiger charge is 2.43. The van der Waals surface area contributed by atoms with Crippen LogP contribution in [0.2, 0.25) is 0 Å². The standard InChI is InChI=1S/C13H25N3O2/c1-12(2,3)9(14)10(17)16-7-6-13(4,8-16)11(18)15-5/h9H,6-8,14H2,1-5H3,(H,15,18)/t9-,13?/m0/s1. The van der Waals surface area contributed by atoms with E-state index in [0.29, 0.717) is 19.5 Å². The molecule has 0 bridgehead atoms. The lowest BCUT2D eigenvalue weighted by molar-refractivity contribution is -0.135. The number of nitrogens with zero attached hydrogens (tertiary/aromatic N) is 1. The Kier molecular flexibility index (Phi) is 4.05. The lowest BCUT2D eigenvalue weighted by Gasteiger charge is -2.30. The van der Waals surface area contributed by atoms with Gasteiger partial charge in [-0.1, -0.05) is 20.8 Å². The minimum absolute atomic E-state index is 0.0119. The maximum Gasteiger partial charge on any atom is 0.240 e. The fourth-order valence-electron chi connectivity index (χ4n) is 2.20. The molecule has 0 aliphatic carbocycles. The van der Waals surface area contributed by atoms with Crippen LogP contribution in [0.15, 0.2) is 0 Å². The second-order valence-corrected chi connectivity index (χ2v) is 6.49. The first-order valence-electron chi connectivity index (χ1n) is 6.38. The van der Waals surface area contributed by atoms with Crippen molar-refractivity contribution in [2.45, 2.75) is 40.2 Å². The molecule has 18 heavy (non-hydrogen) atoms. The monoisotopic (exact) mass is 255 g/mol. The third-order valence-corrected chi connectivity index (χ3v) is 3.76. The lowest BCUT2D eigenvalue weighted by Crippen LogP contribution is -2.50. The van der Waals surface area contributed by atoms with Crippen molar-refractivity contribution >= 4 is 11.8 Å². The maximum absolute atomic E-state index is 12.3. The van der Waals surface area contributed by atoms with Crippen molar-refractivity contribution in [2.24, 2.45) is 16.6 Å². The van der Waals surface area contributed by atoms with E-state index in [-0.39, 0.29) is 17.2 Å². The van der Waals surface area contributed by atoms with Crippen LogP contribution in [0.4, 0.5) is 0 Å². The molecule has 1 fully saturated rings. The van der Waals surface area contributed by atoms with Gasteiger partial charge in [0.1, 0.15) is 0 Å². The fourth-order valence-corrected chi connectivity index (χ4v) is 2.20. The minimum atomic E-state index is -0.524. The topological polar surface area (TPSA) is 75.4 Å². The number of carbonyl (C=O) groups excluding carboxylic acids is 2. The summed E-state index contributed by atoms with van der Waals surface area (Å²) in [5, 5.41) is 2.66. The van der Waals surface area contributed by atoms with Gasteiger partial charge in [-0.05, 0) is 18.8 Å². The smallest absolute Gasteiger partial charge is 0.240 e. The summed E-state index contributed by atoms with van der Waals surface area (Å²) in [5.41, 5.74) is 5.23. The highest BCUT2D eigenvalue weighted by molar-refractivity contribution is 5.86. The van der Waals surface area contributed by atoms with E-state index >= 15 is 0 Å². The molecule has 5 heteroatoms. The van der Waals surface area contributed by atoms with Crippen molar-refractivity contribution in [3.05, 3.63) is 0 Å². The molecule has 2 amide bonds. The Hall–Kier alpha value is -1.10. The van der Waals surface area contributed by atoms with Gasteiger partial charge >= 0.3 is 0 Å². The van der Waals surface area contributed by atoms with Gasteiger partial charge in [0, 0.05) is 20.1 Å². The fraction of sp³-hybridized carbons (Fsp3) is 0.846. The minimum Gasteiger partial charge on any atom is -0.359 e. The first-order valence-corrected chi connectivity index (χ1v) is 6.38. The van der Waals surface area contributed by atoms with Gasteiger partial charge in [-0.3, -0.25) is 9.59 Å². The SMILES string of the molecule is CNC(=O)C1(C)CCN(C(=O)[C@H](N)C(C)(C)C)C1. The average Bonchev–Trinajstić information content (AvgIpc) is 2.69. The number of hydrogen-bond donors (Lipinski definition) is 2. The molecular formula is C13H25N3O2. The molecule has 0 aromatic heterocycles. The molecule has 1 heterocycles. The summed E-state index contributed by atoms with van der Waals surface area (Å²) in [7, 11) is 1.62. The Morgan fingerprint density at radius 1 is 1.39 bits per heavy atom. The van der Waals surface area contributed by atoms with E-state index in [1.165, 1.54) is 0 Å². The predicted molar refractivity (Wildman–Crippen MR) is 70.8 cm³/mol. The number of likely N-dealkylation sites (tertiary alicyclic amines) is 1. The van der Waals surface area contributed by atoms with Gasteiger partial charge in [-0.2, -0.15) is 0 Å². The second-order valence-electron chi connectivity index (χ2n) is 6.49. The molecule has 0 spiro atoms. The van der Waals surface area contributed by atoms with Crippen LogP contribution in [-0.4, -0.2) is 42.9 Å². The van der Waals surface area contributed by atoms with E-state index in [1.54, 1.807) is 11.9 Å². The molecule has 0 aromatic carbocycles. The quantitative estimate of drug-likeness (QED) is 0.747. The van der Waals surface area contributed by atoms with Gasteiger partial charge in [0.05, 0.1) is 11.5 Å². The summed E-state index contributed by atoms with van der Waals surface area (Å²) >= 11 is 0. The van der Waals surface area contributed by atoms with Crippen LogP contribution in [0.5, 0.6) is 0 Å². The summed E-state index contributed by atoms with van der Waals surface area (Å²) in [6.07, 6.45) is 0.690. The Morgan fingerprint density at radius 2 is 1.94 bits per heavy atom. The molecule has 0 aromatic rings. The lowest BCUT2D eigenvalue weighted by atomic mass is 9.86. The van der Waals surface area contributed by atoms with E-state index in [1.807, 2.05) is 27.7 Å².